The van der Waals surface area contributed by atoms with Crippen LogP contribution in [-0.2, 0) is 9.84 Å². The van der Waals surface area contributed by atoms with E-state index < -0.39 is 9.84 Å². The molecule has 0 aliphatic carbocycles. The summed E-state index contributed by atoms with van der Waals surface area (Å²) in [5.41, 5.74) is 0. The van der Waals surface area contributed by atoms with Crippen LogP contribution in [0.3, 0.4) is 0 Å². The number of hydrogen-bond acceptors (Lipinski definition) is 3. The number of rotatable bonds is 2. The van der Waals surface area contributed by atoms with E-state index >= 15 is 0 Å². The molecule has 0 aliphatic rings. The van der Waals surface area contributed by atoms with Crippen LogP contribution in [0.15, 0.2) is 0 Å². The van der Waals surface area contributed by atoms with Gasteiger partial charge in [-0.15, -0.1) is 0 Å². The molecule has 0 radical (unpaired) electrons. The Balaban J connectivity index is 0. The fraction of sp³-hybridized carbons (Fsp3) is 0.800. The second-order valence-corrected chi connectivity index (χ2v) is 3.96. The standard InChI is InChI=1S/C4H10O2S.CHN/c1-3-7(5,6)4-2;1-2/h3-4H2,1-2H3;1H. The first-order valence-corrected chi connectivity index (χ1v) is 4.40. The Hall–Kier alpha value is -0.560. The molecule has 0 amide bonds. The van der Waals surface area contributed by atoms with Gasteiger partial charge in [0, 0.05) is 18.1 Å². The zero-order valence-corrected chi connectivity index (χ0v) is 6.48. The molecule has 3 nitrogen and oxygen atoms in total. The minimum absolute atomic E-state index is 0.267. The van der Waals surface area contributed by atoms with Crippen molar-refractivity contribution in [1.29, 1.82) is 5.26 Å². The number of hydrogen-bond donors (Lipinski definition) is 0. The van der Waals surface area contributed by atoms with Crippen LogP contribution in [0.5, 0.6) is 0 Å². The Kier molecular flexibility index (Phi) is 6.98. The maximum Gasteiger partial charge on any atom is 0.149 e. The molecule has 0 aromatic rings. The molecule has 0 aromatic heterocycles. The van der Waals surface area contributed by atoms with Crippen molar-refractivity contribution in [3.8, 4) is 6.57 Å². The lowest BCUT2D eigenvalue weighted by molar-refractivity contribution is 0.598. The molecule has 0 aliphatic heterocycles. The number of nitrogens with zero attached hydrogens (tertiary/aromatic N) is 1. The smallest absolute Gasteiger partial charge is 0.149 e. The van der Waals surface area contributed by atoms with Crippen molar-refractivity contribution in [2.75, 3.05) is 11.5 Å². The van der Waals surface area contributed by atoms with Crippen LogP contribution in [0.1, 0.15) is 13.8 Å². The van der Waals surface area contributed by atoms with Gasteiger partial charge in [-0.05, 0) is 0 Å². The summed E-state index contributed by atoms with van der Waals surface area (Å²) in [4.78, 5) is 0. The molecule has 54 valence electrons. The van der Waals surface area contributed by atoms with Gasteiger partial charge in [0.05, 0.1) is 0 Å². The van der Waals surface area contributed by atoms with Gasteiger partial charge in [-0.3, -0.25) is 0 Å². The largest absolute Gasteiger partial charge is 0.229 e. The van der Waals surface area contributed by atoms with Crippen molar-refractivity contribution in [1.82, 2.24) is 0 Å². The summed E-state index contributed by atoms with van der Waals surface area (Å²) in [5.74, 6) is 0.535. The van der Waals surface area contributed by atoms with Crippen LogP contribution in [0.2, 0.25) is 0 Å². The molecule has 0 spiro atoms. The fourth-order valence-electron chi connectivity index (χ4n) is 0.204. The van der Waals surface area contributed by atoms with Crippen LogP contribution < -0.4 is 0 Å². The highest BCUT2D eigenvalue weighted by molar-refractivity contribution is 7.91. The van der Waals surface area contributed by atoms with Crippen molar-refractivity contribution in [2.45, 2.75) is 13.8 Å². The monoisotopic (exact) mass is 149 g/mol. The van der Waals surface area contributed by atoms with Crippen LogP contribution in [0.25, 0.3) is 0 Å². The van der Waals surface area contributed by atoms with Gasteiger partial charge in [-0.25, -0.2) is 13.7 Å². The summed E-state index contributed by atoms with van der Waals surface area (Å²) in [6, 6.07) is 0. The summed E-state index contributed by atoms with van der Waals surface area (Å²) < 4.78 is 20.7. The highest BCUT2D eigenvalue weighted by atomic mass is 32.2. The molecular weight excluding hydrogens is 138 g/mol. The molecule has 0 saturated heterocycles. The lowest BCUT2D eigenvalue weighted by Crippen LogP contribution is -2.04. The minimum atomic E-state index is -2.66. The third kappa shape index (κ3) is 7.44. The van der Waals surface area contributed by atoms with Crippen molar-refractivity contribution in [3.05, 3.63) is 0 Å². The van der Waals surface area contributed by atoms with Gasteiger partial charge in [0.1, 0.15) is 9.84 Å². The topological polar surface area (TPSA) is 57.9 Å². The summed E-state index contributed by atoms with van der Waals surface area (Å²) in [6.07, 6.45) is 0. The zero-order valence-electron chi connectivity index (χ0n) is 5.66. The van der Waals surface area contributed by atoms with E-state index in [9.17, 15) is 8.42 Å². The molecule has 0 saturated carbocycles. The first-order chi connectivity index (χ1) is 4.12. The fourth-order valence-corrected chi connectivity index (χ4v) is 0.612. The quantitative estimate of drug-likeness (QED) is 0.577. The van der Waals surface area contributed by atoms with Crippen LogP contribution >= 0.6 is 0 Å². The molecule has 0 N–H and O–H groups in total. The Bertz CT molecular complexity index is 147. The molecule has 0 rings (SSSR count). The second-order valence-electron chi connectivity index (χ2n) is 1.32. The van der Waals surface area contributed by atoms with Crippen LogP contribution in [0.4, 0.5) is 0 Å². The van der Waals surface area contributed by atoms with E-state index in [4.69, 9.17) is 5.26 Å². The molecule has 0 unspecified atom stereocenters. The predicted octanol–water partition coefficient (Wildman–Crippen LogP) is 0.581. The minimum Gasteiger partial charge on any atom is -0.229 e. The van der Waals surface area contributed by atoms with Crippen molar-refractivity contribution >= 4 is 9.84 Å². The van der Waals surface area contributed by atoms with E-state index in [0.717, 1.165) is 0 Å². The Morgan fingerprint density at radius 1 is 1.22 bits per heavy atom. The second kappa shape index (κ2) is 5.57. The molecular formula is C5H11NO2S. The van der Waals surface area contributed by atoms with E-state index in [2.05, 4.69) is 6.57 Å². The summed E-state index contributed by atoms with van der Waals surface area (Å²) in [5, 5.41) is 6.50. The van der Waals surface area contributed by atoms with Gasteiger partial charge < -0.3 is 0 Å². The zero-order chi connectivity index (χ0) is 7.91. The van der Waals surface area contributed by atoms with E-state index in [0.29, 0.717) is 0 Å². The summed E-state index contributed by atoms with van der Waals surface area (Å²) in [6.45, 7) is 6.80. The van der Waals surface area contributed by atoms with Gasteiger partial charge in [-0.2, -0.15) is 0 Å². The Labute approximate surface area is 56.2 Å². The molecule has 0 aromatic carbocycles. The first-order valence-electron chi connectivity index (χ1n) is 2.58. The maximum absolute atomic E-state index is 10.4. The molecule has 0 fully saturated rings. The molecule has 4 heteroatoms. The lowest BCUT2D eigenvalue weighted by Gasteiger charge is -1.89. The van der Waals surface area contributed by atoms with Gasteiger partial charge >= 0.3 is 0 Å². The van der Waals surface area contributed by atoms with Crippen molar-refractivity contribution in [3.63, 3.8) is 0 Å². The molecule has 0 bridgehead atoms. The Morgan fingerprint density at radius 3 is 1.44 bits per heavy atom. The average Bonchev–Trinajstić information content (AvgIpc) is 1.93. The van der Waals surface area contributed by atoms with Gasteiger partial charge in [0.2, 0.25) is 0 Å². The summed E-state index contributed by atoms with van der Waals surface area (Å²) >= 11 is 0. The van der Waals surface area contributed by atoms with Crippen molar-refractivity contribution < 1.29 is 8.42 Å². The third-order valence-electron chi connectivity index (χ3n) is 0.880. The molecule has 0 heterocycles. The van der Waals surface area contributed by atoms with E-state index in [1.54, 1.807) is 13.8 Å². The maximum atomic E-state index is 10.4. The molecule has 9 heavy (non-hydrogen) atoms. The van der Waals surface area contributed by atoms with Crippen molar-refractivity contribution in [2.24, 2.45) is 0 Å². The van der Waals surface area contributed by atoms with E-state index in [1.807, 2.05) is 0 Å². The highest BCUT2D eigenvalue weighted by Gasteiger charge is 1.99. The van der Waals surface area contributed by atoms with E-state index in [-0.39, 0.29) is 11.5 Å². The Morgan fingerprint density at radius 2 is 1.44 bits per heavy atom. The van der Waals surface area contributed by atoms with Gasteiger partial charge in [0.25, 0.3) is 0 Å². The number of nitriles is 1. The predicted molar refractivity (Wildman–Crippen MR) is 36.7 cm³/mol. The van der Waals surface area contributed by atoms with Gasteiger partial charge in [-0.1, -0.05) is 13.8 Å². The summed E-state index contributed by atoms with van der Waals surface area (Å²) in [7, 11) is -2.66. The third-order valence-corrected chi connectivity index (χ3v) is 2.64. The first kappa shape index (κ1) is 11.3. The highest BCUT2D eigenvalue weighted by Crippen LogP contribution is 1.84. The SMILES string of the molecule is C#N.CCS(=O)(=O)CC. The number of sulfone groups is 1. The normalized spacial score (nSPS) is 9.33. The lowest BCUT2D eigenvalue weighted by atomic mass is 11.0. The van der Waals surface area contributed by atoms with Gasteiger partial charge in [0.15, 0.2) is 0 Å². The van der Waals surface area contributed by atoms with E-state index in [1.165, 1.54) is 0 Å². The molecule has 0 atom stereocenters. The average molecular weight is 149 g/mol. The van der Waals surface area contributed by atoms with Crippen LogP contribution in [-0.4, -0.2) is 19.9 Å². The van der Waals surface area contributed by atoms with Crippen LogP contribution in [0, 0.1) is 11.8 Å².